The average Bonchev–Trinajstić information content (AvgIpc) is 3.63. The summed E-state index contributed by atoms with van der Waals surface area (Å²) < 4.78 is 46.8. The van der Waals surface area contributed by atoms with E-state index in [1.807, 2.05) is 13.0 Å². The second-order valence-electron chi connectivity index (χ2n) is 16.0. The number of esters is 2. The number of hydrogen-bond donors (Lipinski definition) is 2. The number of carbonyl (C=O) groups is 2. The summed E-state index contributed by atoms with van der Waals surface area (Å²) in [6.07, 6.45) is 4.24. The fourth-order valence-electron chi connectivity index (χ4n) is 11.6. The van der Waals surface area contributed by atoms with Crippen molar-refractivity contribution in [2.75, 3.05) is 13.2 Å². The first-order valence-corrected chi connectivity index (χ1v) is 17.8. The molecule has 1 unspecified atom stereocenters. The topological polar surface area (TPSA) is 143 Å². The Labute approximate surface area is 280 Å². The highest BCUT2D eigenvalue weighted by molar-refractivity contribution is 5.89. The molecule has 7 heterocycles. The van der Waals surface area contributed by atoms with Crippen LogP contribution in [0.15, 0.2) is 42.5 Å². The molecule has 11 heteroatoms. The Morgan fingerprint density at radius 1 is 1.04 bits per heavy atom. The molecule has 9 fully saturated rings. The maximum absolute atomic E-state index is 14.4. The van der Waals surface area contributed by atoms with Crippen LogP contribution in [0.5, 0.6) is 0 Å². The molecule has 0 aromatic heterocycles. The maximum atomic E-state index is 14.4. The van der Waals surface area contributed by atoms with Gasteiger partial charge in [0.25, 0.3) is 5.97 Å². The summed E-state index contributed by atoms with van der Waals surface area (Å²) in [6.45, 7) is 9.65. The first kappa shape index (κ1) is 31.6. The van der Waals surface area contributed by atoms with Gasteiger partial charge in [0.05, 0.1) is 30.3 Å². The standard InChI is InChI=1S/C37H46O11/c1-20(2)24-17-23(18-42-29(39)22-14-10-8-11-15-22)35-26-25-21(3)13-9-6-5-7-12-16-34(46-35)47-37(24,48-34)27(35)28-33(19-38,43-28)30(40)36(26)31(41)44-32(25,4)45-36/h8,10-11,14-15,21,23-28,30,38,40H,1,5-7,9,12-13,16-19H2,2-4H3/t21-,23-,24-,25+,26-,27+,28-,30+,32-,33?,34?,35-,36-,37?/m0/s1. The third-order valence-electron chi connectivity index (χ3n) is 13.4. The predicted molar refractivity (Wildman–Crippen MR) is 166 cm³/mol. The zero-order chi connectivity index (χ0) is 33.5. The number of benzene rings is 1. The van der Waals surface area contributed by atoms with Gasteiger partial charge in [-0.05, 0) is 37.8 Å². The third kappa shape index (κ3) is 3.69. The van der Waals surface area contributed by atoms with Crippen molar-refractivity contribution in [1.29, 1.82) is 0 Å². The van der Waals surface area contributed by atoms with Crippen LogP contribution in [0.1, 0.15) is 82.5 Å². The lowest BCUT2D eigenvalue weighted by Gasteiger charge is -2.75. The summed E-state index contributed by atoms with van der Waals surface area (Å²) in [4.78, 5) is 27.9. The third-order valence-corrected chi connectivity index (χ3v) is 13.4. The summed E-state index contributed by atoms with van der Waals surface area (Å²) in [5.74, 6) is -7.98. The Kier molecular flexibility index (Phi) is 6.66. The molecule has 10 rings (SSSR count). The number of aliphatic hydroxyl groups excluding tert-OH is 2. The quantitative estimate of drug-likeness (QED) is 0.268. The van der Waals surface area contributed by atoms with Gasteiger partial charge in [-0.15, -0.1) is 0 Å². The van der Waals surface area contributed by atoms with Crippen LogP contribution in [-0.4, -0.2) is 81.9 Å². The van der Waals surface area contributed by atoms with Crippen molar-refractivity contribution in [3.63, 3.8) is 0 Å². The molecule has 7 saturated heterocycles. The van der Waals surface area contributed by atoms with E-state index in [1.165, 1.54) is 0 Å². The molecule has 2 saturated carbocycles. The minimum atomic E-state index is -1.91. The second kappa shape index (κ2) is 10.1. The van der Waals surface area contributed by atoms with E-state index < -0.39 is 88.8 Å². The summed E-state index contributed by atoms with van der Waals surface area (Å²) in [6, 6.07) is 8.84. The molecule has 0 amide bonds. The Bertz CT molecular complexity index is 1540. The molecule has 48 heavy (non-hydrogen) atoms. The van der Waals surface area contributed by atoms with Gasteiger partial charge in [-0.2, -0.15) is 0 Å². The highest BCUT2D eigenvalue weighted by atomic mass is 17.0. The number of hydrogen-bond acceptors (Lipinski definition) is 11. The van der Waals surface area contributed by atoms with Crippen LogP contribution >= 0.6 is 0 Å². The summed E-state index contributed by atoms with van der Waals surface area (Å²) >= 11 is 0. The molecule has 260 valence electrons. The van der Waals surface area contributed by atoms with E-state index in [4.69, 9.17) is 33.2 Å². The number of carbonyl (C=O) groups excluding carboxylic acids is 2. The fourth-order valence-corrected chi connectivity index (χ4v) is 11.6. The molecule has 2 aliphatic carbocycles. The van der Waals surface area contributed by atoms with Crippen molar-refractivity contribution in [2.24, 2.45) is 35.5 Å². The van der Waals surface area contributed by atoms with Crippen molar-refractivity contribution in [1.82, 2.24) is 0 Å². The maximum Gasteiger partial charge on any atom is 0.344 e. The minimum absolute atomic E-state index is 0.000322. The van der Waals surface area contributed by atoms with Gasteiger partial charge in [-0.3, -0.25) is 9.47 Å². The molecule has 5 bridgehead atoms. The number of epoxide rings is 1. The van der Waals surface area contributed by atoms with E-state index in [1.54, 1.807) is 31.2 Å². The molecule has 4 spiro atoms. The lowest BCUT2D eigenvalue weighted by Crippen LogP contribution is -2.88. The average molecular weight is 667 g/mol. The Morgan fingerprint density at radius 2 is 1.77 bits per heavy atom. The van der Waals surface area contributed by atoms with Gasteiger partial charge < -0.3 is 33.9 Å². The summed E-state index contributed by atoms with van der Waals surface area (Å²) in [5.41, 5.74) is -3.52. The number of ether oxygens (including phenoxy) is 7. The van der Waals surface area contributed by atoms with Crippen molar-refractivity contribution in [2.45, 2.75) is 119 Å². The number of fused-ring (bicyclic) bond motifs is 3. The molecule has 11 nitrogen and oxygen atoms in total. The molecule has 1 aromatic carbocycles. The van der Waals surface area contributed by atoms with Gasteiger partial charge >= 0.3 is 11.9 Å². The first-order chi connectivity index (χ1) is 22.9. The monoisotopic (exact) mass is 666 g/mol. The van der Waals surface area contributed by atoms with Gasteiger partial charge in [0.1, 0.15) is 17.8 Å². The van der Waals surface area contributed by atoms with Crippen LogP contribution in [0.2, 0.25) is 0 Å². The van der Waals surface area contributed by atoms with E-state index in [0.29, 0.717) is 18.4 Å². The van der Waals surface area contributed by atoms with Crippen LogP contribution in [-0.2, 0) is 38.0 Å². The molecule has 0 radical (unpaired) electrons. The molecule has 2 N–H and O–H groups in total. The second-order valence-corrected chi connectivity index (χ2v) is 16.0. The lowest BCUT2D eigenvalue weighted by molar-refractivity contribution is -0.678. The Balaban J connectivity index is 1.28. The Morgan fingerprint density at radius 3 is 2.50 bits per heavy atom. The van der Waals surface area contributed by atoms with E-state index in [-0.39, 0.29) is 18.4 Å². The van der Waals surface area contributed by atoms with Crippen molar-refractivity contribution >= 4 is 11.9 Å². The van der Waals surface area contributed by atoms with Crippen LogP contribution < -0.4 is 0 Å². The molecule has 9 aliphatic rings. The highest BCUT2D eigenvalue weighted by Crippen LogP contribution is 2.79. The zero-order valence-electron chi connectivity index (χ0n) is 27.9. The van der Waals surface area contributed by atoms with Crippen molar-refractivity contribution in [3.8, 4) is 0 Å². The van der Waals surface area contributed by atoms with Crippen LogP contribution in [0, 0.1) is 35.5 Å². The van der Waals surface area contributed by atoms with Gasteiger partial charge in [0, 0.05) is 37.0 Å². The zero-order valence-corrected chi connectivity index (χ0v) is 27.9. The molecular formula is C37H46O11. The van der Waals surface area contributed by atoms with Gasteiger partial charge in [-0.25, -0.2) is 9.59 Å². The first-order valence-electron chi connectivity index (χ1n) is 17.8. The van der Waals surface area contributed by atoms with Gasteiger partial charge in [-0.1, -0.05) is 69.4 Å². The molecular weight excluding hydrogens is 620 g/mol. The predicted octanol–water partition coefficient (Wildman–Crippen LogP) is 4.00. The van der Waals surface area contributed by atoms with Crippen LogP contribution in [0.25, 0.3) is 0 Å². The highest BCUT2D eigenvalue weighted by Gasteiger charge is 2.96. The lowest BCUT2D eigenvalue weighted by atomic mass is 9.48. The van der Waals surface area contributed by atoms with E-state index in [2.05, 4.69) is 13.5 Å². The van der Waals surface area contributed by atoms with E-state index in [9.17, 15) is 19.8 Å². The normalized spacial score (nSPS) is 52.6. The molecule has 12 atom stereocenters. The van der Waals surface area contributed by atoms with Gasteiger partial charge in [0.15, 0.2) is 5.79 Å². The summed E-state index contributed by atoms with van der Waals surface area (Å²) in [7, 11) is 0. The largest absolute Gasteiger partial charge is 0.462 e. The van der Waals surface area contributed by atoms with E-state index in [0.717, 1.165) is 44.1 Å². The van der Waals surface area contributed by atoms with Crippen molar-refractivity contribution in [3.05, 3.63) is 48.0 Å². The number of aliphatic hydroxyl groups is 2. The fraction of sp³-hybridized carbons (Fsp3) is 0.730. The molecule has 7 aliphatic heterocycles. The van der Waals surface area contributed by atoms with Crippen LogP contribution in [0.4, 0.5) is 0 Å². The van der Waals surface area contributed by atoms with Crippen LogP contribution in [0.3, 0.4) is 0 Å². The SMILES string of the molecule is C=C(C)[C@@H]1C[C@@H](COC(=O)c2ccccc2)[C@]23OC45CCCCCCC[C@H](C)[C@@H]6[C@@H]2[C@]2(O[C@]6(C)OC2=O)[C@H](O)C2(CO)O[C@H]2[C@H]3C1(O4)O5. The molecule has 1 aromatic rings. The van der Waals surface area contributed by atoms with E-state index >= 15 is 0 Å². The van der Waals surface area contributed by atoms with Crippen molar-refractivity contribution < 1.29 is 53.0 Å². The summed E-state index contributed by atoms with van der Waals surface area (Å²) in [5, 5.41) is 23.5. The number of rotatable bonds is 5. The smallest absolute Gasteiger partial charge is 0.344 e. The Hall–Kier alpha value is -2.38. The minimum Gasteiger partial charge on any atom is -0.462 e. The van der Waals surface area contributed by atoms with Gasteiger partial charge in [0.2, 0.25) is 11.4 Å².